The highest BCUT2D eigenvalue weighted by atomic mass is 16.5. The minimum absolute atomic E-state index is 0.0596. The minimum atomic E-state index is 0.0596. The lowest BCUT2D eigenvalue weighted by Gasteiger charge is -2.48. The molecule has 0 radical (unpaired) electrons. The van der Waals surface area contributed by atoms with Crippen LogP contribution in [0.4, 0.5) is 0 Å². The molecule has 1 saturated heterocycles. The van der Waals surface area contributed by atoms with Gasteiger partial charge in [0.05, 0.1) is 12.1 Å². The zero-order chi connectivity index (χ0) is 14.4. The number of hydrogen-bond donors (Lipinski definition) is 1. The van der Waals surface area contributed by atoms with E-state index in [0.29, 0.717) is 6.04 Å². The summed E-state index contributed by atoms with van der Waals surface area (Å²) in [6, 6.07) is 11.4. The van der Waals surface area contributed by atoms with Gasteiger partial charge in [-0.25, -0.2) is 0 Å². The normalized spacial score (nSPS) is 27.6. The molecule has 1 aromatic rings. The van der Waals surface area contributed by atoms with E-state index in [-0.39, 0.29) is 5.54 Å². The van der Waals surface area contributed by atoms with Crippen LogP contribution in [-0.4, -0.2) is 43.8 Å². The van der Waals surface area contributed by atoms with E-state index in [1.807, 2.05) is 0 Å². The molecule has 20 heavy (non-hydrogen) atoms. The van der Waals surface area contributed by atoms with Crippen molar-refractivity contribution in [2.45, 2.75) is 38.8 Å². The second kappa shape index (κ2) is 7.21. The van der Waals surface area contributed by atoms with Gasteiger partial charge in [0, 0.05) is 32.3 Å². The number of benzene rings is 1. The summed E-state index contributed by atoms with van der Waals surface area (Å²) < 4.78 is 5.57. The predicted molar refractivity (Wildman–Crippen MR) is 83.9 cm³/mol. The molecule has 0 aromatic heterocycles. The highest BCUT2D eigenvalue weighted by molar-refractivity contribution is 5.25. The Hall–Kier alpha value is -0.900. The van der Waals surface area contributed by atoms with Crippen LogP contribution in [0.5, 0.6) is 0 Å². The van der Waals surface area contributed by atoms with Crippen molar-refractivity contribution in [3.8, 4) is 0 Å². The third kappa shape index (κ3) is 3.40. The molecule has 2 rings (SSSR count). The number of ether oxygens (including phenoxy) is 1. The second-order valence-electron chi connectivity index (χ2n) is 5.77. The van der Waals surface area contributed by atoms with Crippen molar-refractivity contribution in [2.75, 3.05) is 32.8 Å². The van der Waals surface area contributed by atoms with E-state index in [4.69, 9.17) is 4.74 Å². The summed E-state index contributed by atoms with van der Waals surface area (Å²) in [5.41, 5.74) is 1.45. The van der Waals surface area contributed by atoms with Gasteiger partial charge < -0.3 is 10.1 Å². The Morgan fingerprint density at radius 3 is 2.70 bits per heavy atom. The summed E-state index contributed by atoms with van der Waals surface area (Å²) >= 11 is 0. The number of rotatable bonds is 6. The fraction of sp³-hybridized carbons (Fsp3) is 0.647. The van der Waals surface area contributed by atoms with Crippen molar-refractivity contribution in [1.82, 2.24) is 10.2 Å². The zero-order valence-electron chi connectivity index (χ0n) is 13.1. The molecule has 2 atom stereocenters. The maximum absolute atomic E-state index is 5.57. The van der Waals surface area contributed by atoms with Crippen LogP contribution in [0.1, 0.15) is 32.8 Å². The van der Waals surface area contributed by atoms with Gasteiger partial charge in [0.2, 0.25) is 0 Å². The summed E-state index contributed by atoms with van der Waals surface area (Å²) in [5.74, 6) is 0. The van der Waals surface area contributed by atoms with E-state index in [9.17, 15) is 0 Å². The third-order valence-corrected chi connectivity index (χ3v) is 4.47. The Labute approximate surface area is 123 Å². The Morgan fingerprint density at radius 1 is 1.30 bits per heavy atom. The van der Waals surface area contributed by atoms with E-state index in [1.165, 1.54) is 12.0 Å². The molecule has 0 saturated carbocycles. The van der Waals surface area contributed by atoms with E-state index < -0.39 is 0 Å². The standard InChI is InChI=1S/C17H28N2O/c1-4-16-13-19(11-12-20-5-2)17(3,14-18-16)15-9-7-6-8-10-15/h6-10,16,18H,4-5,11-14H2,1-3H3. The van der Waals surface area contributed by atoms with Crippen molar-refractivity contribution in [1.29, 1.82) is 0 Å². The monoisotopic (exact) mass is 276 g/mol. The molecule has 2 unspecified atom stereocenters. The van der Waals surface area contributed by atoms with Gasteiger partial charge in [0.1, 0.15) is 0 Å². The van der Waals surface area contributed by atoms with E-state index in [0.717, 1.165) is 32.8 Å². The zero-order valence-corrected chi connectivity index (χ0v) is 13.1. The van der Waals surface area contributed by atoms with Crippen molar-refractivity contribution in [3.63, 3.8) is 0 Å². The molecule has 3 nitrogen and oxygen atoms in total. The lowest BCUT2D eigenvalue weighted by molar-refractivity contribution is 0.0185. The summed E-state index contributed by atoms with van der Waals surface area (Å²) in [6.07, 6.45) is 1.18. The molecule has 112 valence electrons. The molecule has 3 heteroatoms. The smallest absolute Gasteiger partial charge is 0.0593 e. The first-order chi connectivity index (χ1) is 9.70. The van der Waals surface area contributed by atoms with E-state index in [2.05, 4.69) is 61.3 Å². The van der Waals surface area contributed by atoms with Crippen LogP contribution >= 0.6 is 0 Å². The summed E-state index contributed by atoms with van der Waals surface area (Å²) in [7, 11) is 0. The van der Waals surface area contributed by atoms with E-state index in [1.54, 1.807) is 0 Å². The highest BCUT2D eigenvalue weighted by Crippen LogP contribution is 2.30. The molecule has 1 aliphatic rings. The summed E-state index contributed by atoms with van der Waals surface area (Å²) in [4.78, 5) is 2.59. The largest absolute Gasteiger partial charge is 0.380 e. The average Bonchev–Trinajstić information content (AvgIpc) is 2.50. The fourth-order valence-corrected chi connectivity index (χ4v) is 3.00. The maximum atomic E-state index is 5.57. The van der Waals surface area contributed by atoms with Gasteiger partial charge in [-0.15, -0.1) is 0 Å². The number of hydrogen-bond acceptors (Lipinski definition) is 3. The second-order valence-corrected chi connectivity index (χ2v) is 5.77. The van der Waals surface area contributed by atoms with Crippen LogP contribution in [0.3, 0.4) is 0 Å². The fourth-order valence-electron chi connectivity index (χ4n) is 3.00. The van der Waals surface area contributed by atoms with Gasteiger partial charge >= 0.3 is 0 Å². The lowest BCUT2D eigenvalue weighted by Crippen LogP contribution is -2.61. The van der Waals surface area contributed by atoms with Crippen LogP contribution in [-0.2, 0) is 10.3 Å². The molecule has 1 fully saturated rings. The first kappa shape index (κ1) is 15.5. The average molecular weight is 276 g/mol. The molecular formula is C17H28N2O. The van der Waals surface area contributed by atoms with Gasteiger partial charge in [-0.05, 0) is 25.8 Å². The molecule has 0 spiro atoms. The Morgan fingerprint density at radius 2 is 2.05 bits per heavy atom. The van der Waals surface area contributed by atoms with Crippen LogP contribution in [0.2, 0.25) is 0 Å². The number of nitrogens with zero attached hydrogens (tertiary/aromatic N) is 1. The first-order valence-corrected chi connectivity index (χ1v) is 7.82. The highest BCUT2D eigenvalue weighted by Gasteiger charge is 2.38. The van der Waals surface area contributed by atoms with Crippen LogP contribution in [0, 0.1) is 0 Å². The molecular weight excluding hydrogens is 248 g/mol. The SMILES string of the molecule is CCOCCN1CC(CC)NCC1(C)c1ccccc1. The summed E-state index contributed by atoms with van der Waals surface area (Å²) in [6.45, 7) is 11.4. The maximum Gasteiger partial charge on any atom is 0.0593 e. The number of nitrogens with one attached hydrogen (secondary N) is 1. The molecule has 0 aliphatic carbocycles. The van der Waals surface area contributed by atoms with Crippen molar-refractivity contribution in [3.05, 3.63) is 35.9 Å². The molecule has 1 heterocycles. The van der Waals surface area contributed by atoms with Gasteiger partial charge in [-0.3, -0.25) is 4.90 Å². The molecule has 1 aromatic carbocycles. The first-order valence-electron chi connectivity index (χ1n) is 7.82. The van der Waals surface area contributed by atoms with Crippen LogP contribution in [0.25, 0.3) is 0 Å². The number of piperazine rings is 1. The Kier molecular flexibility index (Phi) is 5.58. The van der Waals surface area contributed by atoms with Crippen LogP contribution in [0.15, 0.2) is 30.3 Å². The lowest BCUT2D eigenvalue weighted by atomic mass is 9.86. The van der Waals surface area contributed by atoms with Gasteiger partial charge in [0.25, 0.3) is 0 Å². The third-order valence-electron chi connectivity index (χ3n) is 4.47. The topological polar surface area (TPSA) is 24.5 Å². The molecule has 0 bridgehead atoms. The Balaban J connectivity index is 2.15. The molecule has 0 amide bonds. The van der Waals surface area contributed by atoms with Gasteiger partial charge in [-0.1, -0.05) is 37.3 Å². The van der Waals surface area contributed by atoms with Crippen molar-refractivity contribution < 1.29 is 4.74 Å². The van der Waals surface area contributed by atoms with Gasteiger partial charge in [-0.2, -0.15) is 0 Å². The van der Waals surface area contributed by atoms with Gasteiger partial charge in [0.15, 0.2) is 0 Å². The van der Waals surface area contributed by atoms with Crippen molar-refractivity contribution in [2.24, 2.45) is 0 Å². The quantitative estimate of drug-likeness (QED) is 0.808. The van der Waals surface area contributed by atoms with E-state index >= 15 is 0 Å². The predicted octanol–water partition coefficient (Wildman–Crippen LogP) is 2.62. The Bertz CT molecular complexity index is 395. The molecule has 1 aliphatic heterocycles. The van der Waals surface area contributed by atoms with Crippen LogP contribution < -0.4 is 5.32 Å². The summed E-state index contributed by atoms with van der Waals surface area (Å²) in [5, 5.41) is 3.70. The molecule has 1 N–H and O–H groups in total. The minimum Gasteiger partial charge on any atom is -0.380 e. The van der Waals surface area contributed by atoms with Crippen molar-refractivity contribution >= 4 is 0 Å².